The van der Waals surface area contributed by atoms with Crippen LogP contribution in [-0.4, -0.2) is 33.3 Å². The van der Waals surface area contributed by atoms with Crippen LogP contribution >= 0.6 is 0 Å². The molecule has 2 amide bonds. The summed E-state index contributed by atoms with van der Waals surface area (Å²) in [6.07, 6.45) is 0. The SMILES string of the molecule is CC.CC.CCOc1cc(-c2ccc(C)c(OCC)c2)ccc1C.Cc1ccc(-c2ccc(C)cc2)cc1.Cc1ccc(N(C)C(=O)N(C)c2ccc(C)cc2)cc1. The Kier molecular flexibility index (Phi) is 21.2. The van der Waals surface area contributed by atoms with Crippen LogP contribution in [-0.2, 0) is 0 Å². The summed E-state index contributed by atoms with van der Waals surface area (Å²) in [7, 11) is 3.58. The average molecular weight is 781 g/mol. The summed E-state index contributed by atoms with van der Waals surface area (Å²) in [6.45, 7) is 25.8. The Labute approximate surface area is 351 Å². The Morgan fingerprint density at radius 3 is 0.948 bits per heavy atom. The maximum atomic E-state index is 12.5. The third kappa shape index (κ3) is 14.9. The highest BCUT2D eigenvalue weighted by molar-refractivity contribution is 6.02. The Morgan fingerprint density at radius 2 is 0.672 bits per heavy atom. The van der Waals surface area contributed by atoms with Gasteiger partial charge in [-0.2, -0.15) is 0 Å². The topological polar surface area (TPSA) is 42.0 Å². The minimum absolute atomic E-state index is 0.0577. The van der Waals surface area contributed by atoms with Gasteiger partial charge in [0.1, 0.15) is 11.5 Å². The second-order valence-corrected chi connectivity index (χ2v) is 13.6. The van der Waals surface area contributed by atoms with Crippen molar-refractivity contribution in [3.8, 4) is 33.8 Å². The molecule has 0 radical (unpaired) electrons. The first-order valence-electron chi connectivity index (χ1n) is 20.7. The first kappa shape index (κ1) is 48.3. The average Bonchev–Trinajstić information content (AvgIpc) is 3.25. The van der Waals surface area contributed by atoms with Crippen LogP contribution in [0.15, 0.2) is 133 Å². The van der Waals surface area contributed by atoms with Crippen molar-refractivity contribution >= 4 is 17.4 Å². The van der Waals surface area contributed by atoms with Gasteiger partial charge in [-0.25, -0.2) is 4.79 Å². The molecule has 0 atom stereocenters. The molecule has 0 aromatic heterocycles. The van der Waals surface area contributed by atoms with Crippen molar-refractivity contribution < 1.29 is 14.3 Å². The minimum Gasteiger partial charge on any atom is -0.494 e. The molecule has 0 unspecified atom stereocenters. The van der Waals surface area contributed by atoms with Crippen molar-refractivity contribution in [1.29, 1.82) is 0 Å². The fraction of sp³-hybridized carbons (Fsp3) is 0.302. The van der Waals surface area contributed by atoms with E-state index >= 15 is 0 Å². The van der Waals surface area contributed by atoms with Gasteiger partial charge in [-0.1, -0.05) is 147 Å². The van der Waals surface area contributed by atoms with Crippen molar-refractivity contribution in [1.82, 2.24) is 0 Å². The molecule has 6 aromatic carbocycles. The van der Waals surface area contributed by atoms with E-state index in [2.05, 4.69) is 113 Å². The van der Waals surface area contributed by atoms with Crippen LogP contribution in [0.5, 0.6) is 11.5 Å². The van der Waals surface area contributed by atoms with Crippen molar-refractivity contribution in [2.75, 3.05) is 37.1 Å². The standard InChI is InChI=1S/C18H22O2.C17H20N2O.C14H14.2C2H6/c1-5-19-17-11-15(9-7-13(17)3)16-10-8-14(4)18(12-16)20-6-2;1-13-5-9-15(10-6-13)18(3)17(20)19(4)16-11-7-14(2)8-12-16;1-11-3-7-13(8-4-11)14-9-5-12(2)6-10-14;2*1-2/h7-12H,5-6H2,1-4H3;5-12H,1-4H3;3-10H,1-2H3;2*1-2H3. The third-order valence-electron chi connectivity index (χ3n) is 9.16. The molecule has 5 heteroatoms. The highest BCUT2D eigenvalue weighted by atomic mass is 16.5. The van der Waals surface area contributed by atoms with Gasteiger partial charge >= 0.3 is 6.03 Å². The van der Waals surface area contributed by atoms with Gasteiger partial charge in [0.25, 0.3) is 0 Å². The minimum atomic E-state index is -0.0577. The molecular weight excluding hydrogens is 713 g/mol. The number of benzene rings is 6. The molecule has 0 bridgehead atoms. The van der Waals surface area contributed by atoms with Crippen LogP contribution in [0, 0.1) is 41.5 Å². The fourth-order valence-corrected chi connectivity index (χ4v) is 5.66. The molecule has 0 aliphatic carbocycles. The molecule has 6 rings (SSSR count). The number of urea groups is 1. The van der Waals surface area contributed by atoms with Crippen molar-refractivity contribution in [3.05, 3.63) is 167 Å². The Balaban J connectivity index is 0.000000291. The Hall–Kier alpha value is -5.81. The van der Waals surface area contributed by atoms with E-state index in [0.717, 1.165) is 45.1 Å². The van der Waals surface area contributed by atoms with E-state index in [1.807, 2.05) is 104 Å². The lowest BCUT2D eigenvalue weighted by molar-refractivity contribution is 0.253. The van der Waals surface area contributed by atoms with Gasteiger partial charge < -0.3 is 9.47 Å². The number of amides is 2. The zero-order valence-electron chi connectivity index (χ0n) is 37.7. The number of hydrogen-bond donors (Lipinski definition) is 0. The predicted molar refractivity (Wildman–Crippen MR) is 252 cm³/mol. The van der Waals surface area contributed by atoms with Gasteiger partial charge in [0.15, 0.2) is 0 Å². The summed E-state index contributed by atoms with van der Waals surface area (Å²) in [5.74, 6) is 1.90. The Morgan fingerprint density at radius 1 is 0.414 bits per heavy atom. The normalized spacial score (nSPS) is 9.76. The zero-order chi connectivity index (χ0) is 43.2. The molecular formula is C53H68N2O3. The van der Waals surface area contributed by atoms with E-state index in [9.17, 15) is 4.79 Å². The number of aryl methyl sites for hydroxylation is 6. The number of rotatable bonds is 8. The molecule has 308 valence electrons. The number of carbonyl (C=O) groups is 1. The number of nitrogens with zero attached hydrogens (tertiary/aromatic N) is 2. The third-order valence-corrected chi connectivity index (χ3v) is 9.16. The van der Waals surface area contributed by atoms with Gasteiger partial charge in [-0.3, -0.25) is 9.80 Å². The first-order chi connectivity index (χ1) is 27.9. The number of ether oxygens (including phenoxy) is 2. The van der Waals surface area contributed by atoms with Crippen LogP contribution in [0.2, 0.25) is 0 Å². The fourth-order valence-electron chi connectivity index (χ4n) is 5.66. The summed E-state index contributed by atoms with van der Waals surface area (Å²) in [4.78, 5) is 15.8. The van der Waals surface area contributed by atoms with Crippen molar-refractivity contribution in [3.63, 3.8) is 0 Å². The summed E-state index contributed by atoms with van der Waals surface area (Å²) in [6, 6.07) is 45.7. The van der Waals surface area contributed by atoms with Crippen LogP contribution < -0.4 is 19.3 Å². The van der Waals surface area contributed by atoms with Gasteiger partial charge in [-0.05, 0) is 125 Å². The second kappa shape index (κ2) is 25.4. The van der Waals surface area contributed by atoms with E-state index in [1.54, 1.807) is 23.9 Å². The molecule has 0 heterocycles. The highest BCUT2D eigenvalue weighted by Crippen LogP contribution is 2.31. The van der Waals surface area contributed by atoms with E-state index in [-0.39, 0.29) is 6.03 Å². The smallest absolute Gasteiger partial charge is 0.328 e. The van der Waals surface area contributed by atoms with Crippen LogP contribution in [0.3, 0.4) is 0 Å². The first-order valence-corrected chi connectivity index (χ1v) is 20.7. The molecule has 0 fully saturated rings. The van der Waals surface area contributed by atoms with Crippen LogP contribution in [0.4, 0.5) is 16.2 Å². The lowest BCUT2D eigenvalue weighted by atomic mass is 10.0. The molecule has 6 aromatic rings. The number of anilines is 2. The Bertz CT molecular complexity index is 1920. The molecule has 58 heavy (non-hydrogen) atoms. The number of carbonyl (C=O) groups excluding carboxylic acids is 1. The quantitative estimate of drug-likeness (QED) is 0.154. The molecule has 0 N–H and O–H groups in total. The largest absolute Gasteiger partial charge is 0.494 e. The van der Waals surface area contributed by atoms with Gasteiger partial charge in [0.2, 0.25) is 0 Å². The molecule has 5 nitrogen and oxygen atoms in total. The molecule has 0 saturated heterocycles. The van der Waals surface area contributed by atoms with Crippen molar-refractivity contribution in [2.24, 2.45) is 0 Å². The van der Waals surface area contributed by atoms with Crippen LogP contribution in [0.25, 0.3) is 22.3 Å². The van der Waals surface area contributed by atoms with Gasteiger partial charge in [-0.15, -0.1) is 0 Å². The summed E-state index contributed by atoms with van der Waals surface area (Å²) >= 11 is 0. The van der Waals surface area contributed by atoms with E-state index in [0.29, 0.717) is 13.2 Å². The summed E-state index contributed by atoms with van der Waals surface area (Å²) in [5, 5.41) is 0. The summed E-state index contributed by atoms with van der Waals surface area (Å²) in [5.41, 5.74) is 14.0. The van der Waals surface area contributed by atoms with Crippen LogP contribution in [0.1, 0.15) is 74.9 Å². The monoisotopic (exact) mass is 781 g/mol. The molecule has 0 aliphatic rings. The van der Waals surface area contributed by atoms with E-state index < -0.39 is 0 Å². The lowest BCUT2D eigenvalue weighted by Gasteiger charge is -2.25. The maximum absolute atomic E-state index is 12.5. The molecule has 0 saturated carbocycles. The predicted octanol–water partition coefficient (Wildman–Crippen LogP) is 14.8. The zero-order valence-corrected chi connectivity index (χ0v) is 37.7. The summed E-state index contributed by atoms with van der Waals surface area (Å²) < 4.78 is 11.3. The highest BCUT2D eigenvalue weighted by Gasteiger charge is 2.17. The molecule has 0 aliphatic heterocycles. The van der Waals surface area contributed by atoms with E-state index in [4.69, 9.17) is 9.47 Å². The van der Waals surface area contributed by atoms with Gasteiger partial charge in [0.05, 0.1) is 13.2 Å². The van der Waals surface area contributed by atoms with E-state index in [1.165, 1.54) is 33.4 Å². The second-order valence-electron chi connectivity index (χ2n) is 13.6. The number of hydrogen-bond acceptors (Lipinski definition) is 3. The van der Waals surface area contributed by atoms with Gasteiger partial charge in [0, 0.05) is 25.5 Å². The maximum Gasteiger partial charge on any atom is 0.328 e. The lowest BCUT2D eigenvalue weighted by Crippen LogP contribution is -2.38. The molecule has 0 spiro atoms. The van der Waals surface area contributed by atoms with Crippen molar-refractivity contribution in [2.45, 2.75) is 83.1 Å².